The van der Waals surface area contributed by atoms with Crippen molar-refractivity contribution in [2.24, 2.45) is 0 Å². The predicted molar refractivity (Wildman–Crippen MR) is 73.4 cm³/mol. The van der Waals surface area contributed by atoms with Crippen molar-refractivity contribution >= 4 is 12.1 Å². The van der Waals surface area contributed by atoms with Crippen LogP contribution < -0.4 is 16.0 Å². The normalized spacial score (nSPS) is 24.3. The minimum absolute atomic E-state index is 0.242. The number of carbonyl (C=O) groups is 2. The van der Waals surface area contributed by atoms with E-state index in [1.54, 1.807) is 13.8 Å². The summed E-state index contributed by atoms with van der Waals surface area (Å²) in [6.07, 6.45) is -2.28. The van der Waals surface area contributed by atoms with E-state index in [-0.39, 0.29) is 13.2 Å². The van der Waals surface area contributed by atoms with Crippen molar-refractivity contribution in [3.8, 4) is 0 Å². The molecule has 2 rings (SSSR count). The third-order valence-electron chi connectivity index (χ3n) is 3.42. The highest BCUT2D eigenvalue weighted by Crippen LogP contribution is 2.32. The summed E-state index contributed by atoms with van der Waals surface area (Å²) in [5, 5.41) is 7.88. The SMILES string of the molecule is CCOC(OCC)(C(OC)OC)N1C(=O)NC2NC(=O)NC21. The molecule has 2 fully saturated rings. The topological polar surface area (TPSA) is 110 Å². The third kappa shape index (κ3) is 2.58. The number of nitrogens with zero attached hydrogens (tertiary/aromatic N) is 1. The molecule has 4 amide bonds. The molecule has 2 atom stereocenters. The number of nitrogens with one attached hydrogen (secondary N) is 3. The molecule has 126 valence electrons. The van der Waals surface area contributed by atoms with Crippen molar-refractivity contribution in [3.63, 3.8) is 0 Å². The summed E-state index contributed by atoms with van der Waals surface area (Å²) in [6, 6.07) is -0.864. The Labute approximate surface area is 128 Å². The monoisotopic (exact) mass is 318 g/mol. The quantitative estimate of drug-likeness (QED) is 0.512. The Bertz CT molecular complexity index is 424. The first kappa shape index (κ1) is 16.7. The molecule has 0 radical (unpaired) electrons. The van der Waals surface area contributed by atoms with E-state index in [1.165, 1.54) is 19.1 Å². The first-order valence-corrected chi connectivity index (χ1v) is 7.04. The first-order chi connectivity index (χ1) is 10.5. The molecular weight excluding hydrogens is 296 g/mol. The van der Waals surface area contributed by atoms with Crippen molar-refractivity contribution in [3.05, 3.63) is 0 Å². The number of urea groups is 2. The van der Waals surface area contributed by atoms with Gasteiger partial charge in [0.1, 0.15) is 6.17 Å². The lowest BCUT2D eigenvalue weighted by Crippen LogP contribution is -2.66. The van der Waals surface area contributed by atoms with Gasteiger partial charge >= 0.3 is 18.0 Å². The number of amides is 4. The fourth-order valence-electron chi connectivity index (χ4n) is 2.71. The number of hydrogen-bond donors (Lipinski definition) is 3. The average Bonchev–Trinajstić information content (AvgIpc) is 2.94. The molecule has 2 heterocycles. The summed E-state index contributed by atoms with van der Waals surface area (Å²) in [6.45, 7) is 4.00. The molecular formula is C12H22N4O6. The van der Waals surface area contributed by atoms with Crippen molar-refractivity contribution in [2.75, 3.05) is 27.4 Å². The van der Waals surface area contributed by atoms with E-state index in [4.69, 9.17) is 18.9 Å². The number of carbonyl (C=O) groups excluding carboxylic acids is 2. The van der Waals surface area contributed by atoms with Crippen molar-refractivity contribution in [1.82, 2.24) is 20.9 Å². The van der Waals surface area contributed by atoms with Crippen LogP contribution >= 0.6 is 0 Å². The maximum Gasteiger partial charge on any atom is 0.325 e. The van der Waals surface area contributed by atoms with E-state index in [2.05, 4.69) is 16.0 Å². The lowest BCUT2D eigenvalue weighted by Gasteiger charge is -2.44. The van der Waals surface area contributed by atoms with Gasteiger partial charge in [0, 0.05) is 27.4 Å². The molecule has 0 aromatic rings. The number of fused-ring (bicyclic) bond motifs is 1. The van der Waals surface area contributed by atoms with Crippen molar-refractivity contribution in [2.45, 2.75) is 38.4 Å². The summed E-state index contributed by atoms with van der Waals surface area (Å²) in [7, 11) is 2.83. The molecule has 2 unspecified atom stereocenters. The summed E-state index contributed by atoms with van der Waals surface area (Å²) < 4.78 is 22.0. The van der Waals surface area contributed by atoms with Crippen LogP contribution in [0.25, 0.3) is 0 Å². The Morgan fingerprint density at radius 1 is 1.09 bits per heavy atom. The van der Waals surface area contributed by atoms with Gasteiger partial charge in [-0.25, -0.2) is 14.5 Å². The van der Waals surface area contributed by atoms with Gasteiger partial charge in [0.2, 0.25) is 6.29 Å². The zero-order valence-corrected chi connectivity index (χ0v) is 13.0. The molecule has 3 N–H and O–H groups in total. The van der Waals surface area contributed by atoms with Gasteiger partial charge in [-0.05, 0) is 13.8 Å². The molecule has 2 aliphatic rings. The Morgan fingerprint density at radius 2 is 1.68 bits per heavy atom. The molecule has 0 aromatic carbocycles. The standard InChI is InChI=1S/C12H22N4O6/c1-5-21-12(22-6-2,9(19-3)20-4)16-8-7(14-11(16)18)13-10(17)15-8/h7-9H,5-6H2,1-4H3,(H,14,18)(H2,13,15,17). The second-order valence-corrected chi connectivity index (χ2v) is 4.66. The lowest BCUT2D eigenvalue weighted by atomic mass is 10.3. The van der Waals surface area contributed by atoms with E-state index in [0.717, 1.165) is 0 Å². The molecule has 22 heavy (non-hydrogen) atoms. The maximum atomic E-state index is 12.4. The van der Waals surface area contributed by atoms with E-state index in [9.17, 15) is 9.59 Å². The summed E-state index contributed by atoms with van der Waals surface area (Å²) >= 11 is 0. The lowest BCUT2D eigenvalue weighted by molar-refractivity contribution is -0.392. The summed E-state index contributed by atoms with van der Waals surface area (Å²) in [5.74, 6) is -1.63. The molecule has 0 bridgehead atoms. The maximum absolute atomic E-state index is 12.4. The fourth-order valence-corrected chi connectivity index (χ4v) is 2.71. The highest BCUT2D eigenvalue weighted by atomic mass is 16.8. The number of methoxy groups -OCH3 is 2. The minimum Gasteiger partial charge on any atom is -0.350 e. The smallest absolute Gasteiger partial charge is 0.325 e. The van der Waals surface area contributed by atoms with Gasteiger partial charge < -0.3 is 34.9 Å². The molecule has 0 saturated carbocycles. The van der Waals surface area contributed by atoms with Gasteiger partial charge in [0.15, 0.2) is 6.17 Å². The van der Waals surface area contributed by atoms with E-state index < -0.39 is 36.6 Å². The second-order valence-electron chi connectivity index (χ2n) is 4.66. The zero-order chi connectivity index (χ0) is 16.3. The van der Waals surface area contributed by atoms with Crippen LogP contribution in [0.1, 0.15) is 13.8 Å². The highest BCUT2D eigenvalue weighted by Gasteiger charge is 2.60. The Hall–Kier alpha value is -1.62. The molecule has 0 aromatic heterocycles. The molecule has 10 heteroatoms. The molecule has 2 aliphatic heterocycles. The van der Waals surface area contributed by atoms with Gasteiger partial charge in [-0.1, -0.05) is 0 Å². The van der Waals surface area contributed by atoms with Crippen LogP contribution in [0.5, 0.6) is 0 Å². The largest absolute Gasteiger partial charge is 0.350 e. The van der Waals surface area contributed by atoms with Gasteiger partial charge in [-0.15, -0.1) is 0 Å². The highest BCUT2D eigenvalue weighted by molar-refractivity contribution is 5.85. The number of ether oxygens (including phenoxy) is 4. The van der Waals surface area contributed by atoms with Crippen LogP contribution in [0.3, 0.4) is 0 Å². The van der Waals surface area contributed by atoms with Gasteiger partial charge in [-0.2, -0.15) is 0 Å². The third-order valence-corrected chi connectivity index (χ3v) is 3.42. The average molecular weight is 318 g/mol. The molecule has 0 spiro atoms. The van der Waals surface area contributed by atoms with E-state index in [1.807, 2.05) is 0 Å². The molecule has 0 aliphatic carbocycles. The van der Waals surface area contributed by atoms with Crippen molar-refractivity contribution < 1.29 is 28.5 Å². The molecule has 2 saturated heterocycles. The van der Waals surface area contributed by atoms with Crippen LogP contribution in [-0.2, 0) is 18.9 Å². The van der Waals surface area contributed by atoms with Crippen LogP contribution in [0, 0.1) is 0 Å². The Balaban J connectivity index is 2.41. The van der Waals surface area contributed by atoms with E-state index >= 15 is 0 Å². The Morgan fingerprint density at radius 3 is 2.18 bits per heavy atom. The number of rotatable bonds is 8. The number of hydrogen-bond acceptors (Lipinski definition) is 6. The fraction of sp³-hybridized carbons (Fsp3) is 0.833. The van der Waals surface area contributed by atoms with E-state index in [0.29, 0.717) is 0 Å². The summed E-state index contributed by atoms with van der Waals surface area (Å²) in [5.41, 5.74) is 0. The molecule has 10 nitrogen and oxygen atoms in total. The van der Waals surface area contributed by atoms with Crippen LogP contribution in [-0.4, -0.2) is 68.9 Å². The summed E-state index contributed by atoms with van der Waals surface area (Å²) in [4.78, 5) is 25.1. The van der Waals surface area contributed by atoms with Gasteiger partial charge in [-0.3, -0.25) is 0 Å². The van der Waals surface area contributed by atoms with Crippen molar-refractivity contribution in [1.29, 1.82) is 0 Å². The Kier molecular flexibility index (Phi) is 5.06. The predicted octanol–water partition coefficient (Wildman–Crippen LogP) is -0.678. The second kappa shape index (κ2) is 6.65. The zero-order valence-electron chi connectivity index (χ0n) is 13.0. The van der Waals surface area contributed by atoms with Crippen LogP contribution in [0.2, 0.25) is 0 Å². The van der Waals surface area contributed by atoms with Gasteiger partial charge in [0.25, 0.3) is 0 Å². The first-order valence-electron chi connectivity index (χ1n) is 7.04. The van der Waals surface area contributed by atoms with Crippen LogP contribution in [0.15, 0.2) is 0 Å². The van der Waals surface area contributed by atoms with Crippen LogP contribution in [0.4, 0.5) is 9.59 Å². The van der Waals surface area contributed by atoms with Gasteiger partial charge in [0.05, 0.1) is 0 Å². The minimum atomic E-state index is -1.63.